The predicted molar refractivity (Wildman–Crippen MR) is 73.3 cm³/mol. The first-order valence-electron chi connectivity index (χ1n) is 7.34. The van der Waals surface area contributed by atoms with Crippen molar-refractivity contribution in [2.75, 3.05) is 0 Å². The van der Waals surface area contributed by atoms with Gasteiger partial charge in [-0.15, -0.1) is 0 Å². The first kappa shape index (κ1) is 13.4. The second kappa shape index (κ2) is 5.27. The lowest BCUT2D eigenvalue weighted by molar-refractivity contribution is 0.168. The molecule has 4 N–H and O–H groups in total. The molecule has 0 spiro atoms. The number of rotatable bonds is 1. The zero-order chi connectivity index (χ0) is 12.6. The zero-order valence-corrected chi connectivity index (χ0v) is 11.7. The molecule has 4 unspecified atom stereocenters. The highest BCUT2D eigenvalue weighted by atomic mass is 14.7. The summed E-state index contributed by atoms with van der Waals surface area (Å²) in [6.07, 6.45) is 6.35. The van der Waals surface area contributed by atoms with Crippen LogP contribution in [0.4, 0.5) is 0 Å². The number of hydrogen-bond acceptors (Lipinski definition) is 2. The van der Waals surface area contributed by atoms with Crippen molar-refractivity contribution >= 4 is 0 Å². The first-order chi connectivity index (χ1) is 7.99. The third kappa shape index (κ3) is 2.85. The minimum absolute atomic E-state index is 0.412. The summed E-state index contributed by atoms with van der Waals surface area (Å²) in [6, 6.07) is 0.842. The molecule has 2 fully saturated rings. The lowest BCUT2D eigenvalue weighted by Gasteiger charge is -2.43. The van der Waals surface area contributed by atoms with Crippen LogP contribution < -0.4 is 11.5 Å². The maximum Gasteiger partial charge on any atom is 0.00905 e. The van der Waals surface area contributed by atoms with Gasteiger partial charge in [0.1, 0.15) is 0 Å². The summed E-state index contributed by atoms with van der Waals surface area (Å²) in [4.78, 5) is 0. The van der Waals surface area contributed by atoms with E-state index in [4.69, 9.17) is 11.5 Å². The molecular formula is C15H29N2. The van der Waals surface area contributed by atoms with Gasteiger partial charge in [-0.05, 0) is 61.7 Å². The molecular weight excluding hydrogens is 208 g/mol. The van der Waals surface area contributed by atoms with Gasteiger partial charge in [-0.2, -0.15) is 0 Å². The minimum Gasteiger partial charge on any atom is -0.327 e. The van der Waals surface area contributed by atoms with Crippen molar-refractivity contribution in [3.05, 3.63) is 5.92 Å². The molecule has 2 saturated carbocycles. The molecule has 0 heterocycles. The van der Waals surface area contributed by atoms with Crippen molar-refractivity contribution in [3.8, 4) is 0 Å². The van der Waals surface area contributed by atoms with Crippen LogP contribution in [0.1, 0.15) is 52.9 Å². The Bertz CT molecular complexity index is 241. The van der Waals surface area contributed by atoms with Gasteiger partial charge in [0.05, 0.1) is 0 Å². The Labute approximate surface area is 107 Å². The van der Waals surface area contributed by atoms with Gasteiger partial charge in [0, 0.05) is 12.1 Å². The SMILES string of the molecule is CC1C[C](C2CC(C)C(N)C(C)C2)CCC1N. The highest BCUT2D eigenvalue weighted by molar-refractivity contribution is 5.06. The predicted octanol–water partition coefficient (Wildman–Crippen LogP) is 2.72. The van der Waals surface area contributed by atoms with E-state index in [0.717, 1.165) is 5.92 Å². The molecule has 4 atom stereocenters. The largest absolute Gasteiger partial charge is 0.327 e. The van der Waals surface area contributed by atoms with Crippen molar-refractivity contribution < 1.29 is 0 Å². The third-order valence-electron chi connectivity index (χ3n) is 5.32. The third-order valence-corrected chi connectivity index (χ3v) is 5.32. The van der Waals surface area contributed by atoms with Crippen LogP contribution in [0.15, 0.2) is 0 Å². The molecule has 0 aromatic rings. The molecule has 2 heteroatoms. The van der Waals surface area contributed by atoms with Gasteiger partial charge in [-0.1, -0.05) is 20.8 Å². The summed E-state index contributed by atoms with van der Waals surface area (Å²) in [5.74, 6) is 4.67. The maximum absolute atomic E-state index is 6.23. The molecule has 2 aliphatic carbocycles. The van der Waals surface area contributed by atoms with Crippen LogP contribution in [0.25, 0.3) is 0 Å². The van der Waals surface area contributed by atoms with Gasteiger partial charge in [0.2, 0.25) is 0 Å². The maximum atomic E-state index is 6.23. The van der Waals surface area contributed by atoms with E-state index in [-0.39, 0.29) is 0 Å². The molecule has 17 heavy (non-hydrogen) atoms. The van der Waals surface area contributed by atoms with Gasteiger partial charge >= 0.3 is 0 Å². The average Bonchev–Trinajstić information content (AvgIpc) is 2.29. The Morgan fingerprint density at radius 2 is 1.53 bits per heavy atom. The van der Waals surface area contributed by atoms with Crippen molar-refractivity contribution in [2.45, 2.75) is 65.0 Å². The molecule has 0 bridgehead atoms. The Balaban J connectivity index is 1.94. The van der Waals surface area contributed by atoms with E-state index in [1.807, 2.05) is 0 Å². The standard InChI is InChI=1S/C15H29N2/c1-9-6-12(4-5-14(9)16)13-7-10(2)15(17)11(3)8-13/h9-11,13-15H,4-8,16-17H2,1-3H3. The van der Waals surface area contributed by atoms with E-state index in [1.165, 1.54) is 32.1 Å². The highest BCUT2D eigenvalue weighted by Gasteiger charge is 2.37. The van der Waals surface area contributed by atoms with Crippen molar-refractivity contribution in [3.63, 3.8) is 0 Å². The van der Waals surface area contributed by atoms with Crippen LogP contribution in [0.3, 0.4) is 0 Å². The van der Waals surface area contributed by atoms with E-state index in [1.54, 1.807) is 5.92 Å². The summed E-state index contributed by atoms with van der Waals surface area (Å²) in [5, 5.41) is 0. The van der Waals surface area contributed by atoms with Gasteiger partial charge in [-0.25, -0.2) is 0 Å². The number of nitrogens with two attached hydrogens (primary N) is 2. The summed E-state index contributed by atoms with van der Waals surface area (Å²) in [7, 11) is 0. The van der Waals surface area contributed by atoms with Crippen molar-refractivity contribution in [1.82, 2.24) is 0 Å². The van der Waals surface area contributed by atoms with Crippen molar-refractivity contribution in [2.24, 2.45) is 35.1 Å². The quantitative estimate of drug-likeness (QED) is 0.737. The molecule has 0 aliphatic heterocycles. The monoisotopic (exact) mass is 237 g/mol. The molecule has 99 valence electrons. The Kier molecular flexibility index (Phi) is 4.14. The highest BCUT2D eigenvalue weighted by Crippen LogP contribution is 2.44. The normalized spacial score (nSPS) is 49.2. The van der Waals surface area contributed by atoms with Gasteiger partial charge in [0.15, 0.2) is 0 Å². The summed E-state index contributed by atoms with van der Waals surface area (Å²) in [5.41, 5.74) is 12.3. The molecule has 2 nitrogen and oxygen atoms in total. The Morgan fingerprint density at radius 1 is 0.941 bits per heavy atom. The smallest absolute Gasteiger partial charge is 0.00905 e. The Morgan fingerprint density at radius 3 is 2.06 bits per heavy atom. The summed E-state index contributed by atoms with van der Waals surface area (Å²) < 4.78 is 0. The molecule has 0 aromatic carbocycles. The fourth-order valence-corrected chi connectivity index (χ4v) is 3.88. The minimum atomic E-state index is 0.412. The fraction of sp³-hybridized carbons (Fsp3) is 0.933. The molecule has 0 aromatic heterocycles. The topological polar surface area (TPSA) is 52.0 Å². The lowest BCUT2D eigenvalue weighted by atomic mass is 9.64. The molecule has 1 radical (unpaired) electrons. The number of hydrogen-bond donors (Lipinski definition) is 2. The first-order valence-corrected chi connectivity index (χ1v) is 7.34. The van der Waals surface area contributed by atoms with Gasteiger partial charge in [-0.3, -0.25) is 0 Å². The van der Waals surface area contributed by atoms with Crippen LogP contribution in [0, 0.1) is 29.6 Å². The second-order valence-corrected chi connectivity index (χ2v) is 6.74. The van der Waals surface area contributed by atoms with Crippen LogP contribution in [-0.2, 0) is 0 Å². The molecule has 2 rings (SSSR count). The summed E-state index contributed by atoms with van der Waals surface area (Å²) >= 11 is 0. The van der Waals surface area contributed by atoms with E-state index in [2.05, 4.69) is 20.8 Å². The van der Waals surface area contributed by atoms with Gasteiger partial charge < -0.3 is 11.5 Å². The molecule has 0 amide bonds. The van der Waals surface area contributed by atoms with Crippen LogP contribution in [-0.4, -0.2) is 12.1 Å². The van der Waals surface area contributed by atoms with Crippen molar-refractivity contribution in [1.29, 1.82) is 0 Å². The van der Waals surface area contributed by atoms with Crippen LogP contribution >= 0.6 is 0 Å². The van der Waals surface area contributed by atoms with E-state index in [0.29, 0.717) is 29.8 Å². The van der Waals surface area contributed by atoms with E-state index in [9.17, 15) is 0 Å². The summed E-state index contributed by atoms with van der Waals surface area (Å²) in [6.45, 7) is 6.96. The fourth-order valence-electron chi connectivity index (χ4n) is 3.88. The zero-order valence-electron chi connectivity index (χ0n) is 11.7. The van der Waals surface area contributed by atoms with E-state index < -0.39 is 0 Å². The van der Waals surface area contributed by atoms with E-state index >= 15 is 0 Å². The lowest BCUT2D eigenvalue weighted by Crippen LogP contribution is -2.44. The average molecular weight is 237 g/mol. The van der Waals surface area contributed by atoms with Crippen LogP contribution in [0.5, 0.6) is 0 Å². The molecule has 0 saturated heterocycles. The Hall–Kier alpha value is -0.0800. The van der Waals surface area contributed by atoms with Gasteiger partial charge in [0.25, 0.3) is 0 Å². The second-order valence-electron chi connectivity index (χ2n) is 6.74. The molecule has 2 aliphatic rings. The van der Waals surface area contributed by atoms with Crippen LogP contribution in [0.2, 0.25) is 0 Å².